The van der Waals surface area contributed by atoms with Crippen LogP contribution in [0.4, 0.5) is 0 Å². The quantitative estimate of drug-likeness (QED) is 0.909. The van der Waals surface area contributed by atoms with E-state index in [0.717, 1.165) is 17.3 Å². The number of rotatable bonds is 2. The Kier molecular flexibility index (Phi) is 3.39. The van der Waals surface area contributed by atoms with Crippen molar-refractivity contribution in [3.05, 3.63) is 42.1 Å². The Morgan fingerprint density at radius 2 is 2.15 bits per heavy atom. The highest BCUT2D eigenvalue weighted by molar-refractivity contribution is 5.78. The molecule has 0 amide bonds. The van der Waals surface area contributed by atoms with E-state index in [1.54, 1.807) is 6.07 Å². The third-order valence-electron chi connectivity index (χ3n) is 3.92. The topological polar surface area (TPSA) is 66.1 Å². The van der Waals surface area contributed by atoms with Gasteiger partial charge in [-0.05, 0) is 25.0 Å². The minimum atomic E-state index is -0.919. The highest BCUT2D eigenvalue weighted by Gasteiger charge is 2.42. The molecule has 0 spiro atoms. The number of benzene rings is 1. The van der Waals surface area contributed by atoms with Gasteiger partial charge in [0.25, 0.3) is 0 Å². The van der Waals surface area contributed by atoms with E-state index in [9.17, 15) is 10.4 Å². The maximum Gasteiger partial charge on any atom is 0.117 e. The second-order valence-electron chi connectivity index (χ2n) is 5.26. The third kappa shape index (κ3) is 2.15. The van der Waals surface area contributed by atoms with Crippen LogP contribution in [-0.2, 0) is 4.74 Å². The number of nitrogens with zero attached hydrogens (tertiary/aromatic N) is 2. The molecule has 0 aliphatic carbocycles. The molecule has 2 heterocycles. The highest BCUT2D eigenvalue weighted by Crippen LogP contribution is 2.40. The normalized spacial score (nSPS) is 24.2. The summed E-state index contributed by atoms with van der Waals surface area (Å²) >= 11 is 0. The molecule has 1 aromatic carbocycles. The Labute approximate surface area is 117 Å². The molecular formula is C16H16N2O2. The smallest absolute Gasteiger partial charge is 0.117 e. The molecule has 20 heavy (non-hydrogen) atoms. The highest BCUT2D eigenvalue weighted by atomic mass is 16.5. The van der Waals surface area contributed by atoms with E-state index in [4.69, 9.17) is 4.74 Å². The molecule has 4 heteroatoms. The summed E-state index contributed by atoms with van der Waals surface area (Å²) in [5, 5.41) is 21.1. The van der Waals surface area contributed by atoms with Crippen molar-refractivity contribution >= 4 is 10.9 Å². The first-order valence-electron chi connectivity index (χ1n) is 6.78. The van der Waals surface area contributed by atoms with Crippen LogP contribution in [0.5, 0.6) is 0 Å². The van der Waals surface area contributed by atoms with Crippen LogP contribution in [0.3, 0.4) is 0 Å². The van der Waals surface area contributed by atoms with Crippen molar-refractivity contribution in [2.45, 2.75) is 18.9 Å². The number of ether oxygens (including phenoxy) is 1. The van der Waals surface area contributed by atoms with Crippen molar-refractivity contribution in [2.24, 2.45) is 5.41 Å². The van der Waals surface area contributed by atoms with Crippen LogP contribution in [0, 0.1) is 16.7 Å². The molecule has 102 valence electrons. The van der Waals surface area contributed by atoms with Gasteiger partial charge in [0.05, 0.1) is 23.9 Å². The molecule has 0 bridgehead atoms. The fourth-order valence-electron chi connectivity index (χ4n) is 2.70. The first-order chi connectivity index (χ1) is 9.75. The van der Waals surface area contributed by atoms with E-state index in [1.165, 1.54) is 0 Å². The fourth-order valence-corrected chi connectivity index (χ4v) is 2.70. The van der Waals surface area contributed by atoms with E-state index in [-0.39, 0.29) is 6.61 Å². The Balaban J connectivity index is 1.99. The van der Waals surface area contributed by atoms with E-state index < -0.39 is 11.5 Å². The molecule has 1 N–H and O–H groups in total. The summed E-state index contributed by atoms with van der Waals surface area (Å²) in [7, 11) is 0. The lowest BCUT2D eigenvalue weighted by molar-refractivity contribution is -0.0520. The average Bonchev–Trinajstić information content (AvgIpc) is 2.54. The van der Waals surface area contributed by atoms with Crippen molar-refractivity contribution in [2.75, 3.05) is 13.2 Å². The number of nitriles is 1. The Hall–Kier alpha value is -1.96. The van der Waals surface area contributed by atoms with E-state index >= 15 is 0 Å². The van der Waals surface area contributed by atoms with Crippen molar-refractivity contribution < 1.29 is 9.84 Å². The van der Waals surface area contributed by atoms with Gasteiger partial charge >= 0.3 is 0 Å². The zero-order valence-electron chi connectivity index (χ0n) is 11.1. The number of para-hydroxylation sites is 1. The van der Waals surface area contributed by atoms with Gasteiger partial charge in [0.1, 0.15) is 11.5 Å². The predicted octanol–water partition coefficient (Wildman–Crippen LogP) is 2.59. The van der Waals surface area contributed by atoms with Gasteiger partial charge in [-0.1, -0.05) is 24.3 Å². The molecule has 2 unspecified atom stereocenters. The minimum Gasteiger partial charge on any atom is -0.385 e. The molecule has 2 atom stereocenters. The number of aliphatic hydroxyl groups excluding tert-OH is 1. The first kappa shape index (κ1) is 13.0. The molecule has 2 aromatic rings. The third-order valence-corrected chi connectivity index (χ3v) is 3.92. The molecule has 1 aromatic heterocycles. The van der Waals surface area contributed by atoms with E-state index in [2.05, 4.69) is 11.1 Å². The van der Waals surface area contributed by atoms with Gasteiger partial charge < -0.3 is 9.84 Å². The van der Waals surface area contributed by atoms with Crippen LogP contribution in [0.15, 0.2) is 36.4 Å². The van der Waals surface area contributed by atoms with Crippen molar-refractivity contribution in [1.29, 1.82) is 5.26 Å². The van der Waals surface area contributed by atoms with Crippen LogP contribution in [0.25, 0.3) is 10.9 Å². The molecule has 1 saturated heterocycles. The van der Waals surface area contributed by atoms with Crippen molar-refractivity contribution in [1.82, 2.24) is 4.98 Å². The summed E-state index contributed by atoms with van der Waals surface area (Å²) < 4.78 is 5.40. The van der Waals surface area contributed by atoms with Crippen LogP contribution in [-0.4, -0.2) is 23.3 Å². The van der Waals surface area contributed by atoms with Crippen molar-refractivity contribution in [3.63, 3.8) is 0 Å². The zero-order chi connectivity index (χ0) is 14.0. The molecule has 1 fully saturated rings. The van der Waals surface area contributed by atoms with Crippen LogP contribution in [0.1, 0.15) is 24.6 Å². The Morgan fingerprint density at radius 1 is 1.30 bits per heavy atom. The van der Waals surface area contributed by atoms with Gasteiger partial charge in [0, 0.05) is 12.0 Å². The number of pyridine rings is 1. The summed E-state index contributed by atoms with van der Waals surface area (Å²) in [4.78, 5) is 4.49. The summed E-state index contributed by atoms with van der Waals surface area (Å²) in [6.45, 7) is 0.917. The molecular weight excluding hydrogens is 252 g/mol. The van der Waals surface area contributed by atoms with Gasteiger partial charge in [-0.2, -0.15) is 5.26 Å². The monoisotopic (exact) mass is 268 g/mol. The molecule has 1 aliphatic rings. The lowest BCUT2D eigenvalue weighted by atomic mass is 9.77. The summed E-state index contributed by atoms with van der Waals surface area (Å²) in [5.41, 5.74) is 0.484. The second kappa shape index (κ2) is 5.20. The largest absolute Gasteiger partial charge is 0.385 e. The minimum absolute atomic E-state index is 0.263. The van der Waals surface area contributed by atoms with Crippen molar-refractivity contribution in [3.8, 4) is 6.07 Å². The van der Waals surface area contributed by atoms with Crippen LogP contribution in [0.2, 0.25) is 0 Å². The van der Waals surface area contributed by atoms with Gasteiger partial charge in [-0.15, -0.1) is 0 Å². The molecule has 4 nitrogen and oxygen atoms in total. The fraction of sp³-hybridized carbons (Fsp3) is 0.375. The number of fused-ring (bicyclic) bond motifs is 1. The number of aliphatic hydroxyl groups is 1. The lowest BCUT2D eigenvalue weighted by Gasteiger charge is -2.34. The standard InChI is InChI=1S/C16H16N2O2/c17-10-16(8-3-9-20-11-16)15(19)14-7-6-12-4-1-2-5-13(12)18-14/h1-2,4-7,15,19H,3,8-9,11H2. The van der Waals surface area contributed by atoms with E-state index in [1.807, 2.05) is 30.3 Å². The van der Waals surface area contributed by atoms with Crippen LogP contribution >= 0.6 is 0 Å². The maximum atomic E-state index is 10.6. The van der Waals surface area contributed by atoms with Gasteiger partial charge in [0.2, 0.25) is 0 Å². The van der Waals surface area contributed by atoms with E-state index in [0.29, 0.717) is 18.7 Å². The Morgan fingerprint density at radius 3 is 2.90 bits per heavy atom. The van der Waals surface area contributed by atoms with Gasteiger partial charge in [-0.3, -0.25) is 4.98 Å². The number of hydrogen-bond acceptors (Lipinski definition) is 4. The molecule has 0 radical (unpaired) electrons. The number of aromatic nitrogens is 1. The molecule has 0 saturated carbocycles. The Bertz CT molecular complexity index is 657. The predicted molar refractivity (Wildman–Crippen MR) is 74.8 cm³/mol. The lowest BCUT2D eigenvalue weighted by Crippen LogP contribution is -2.36. The number of hydrogen-bond donors (Lipinski definition) is 1. The van der Waals surface area contributed by atoms with Crippen LogP contribution < -0.4 is 0 Å². The maximum absolute atomic E-state index is 10.6. The summed E-state index contributed by atoms with van der Waals surface area (Å²) in [5.74, 6) is 0. The molecule has 3 rings (SSSR count). The van der Waals surface area contributed by atoms with Gasteiger partial charge in [-0.25, -0.2) is 0 Å². The first-order valence-corrected chi connectivity index (χ1v) is 6.78. The molecule has 1 aliphatic heterocycles. The summed E-state index contributed by atoms with van der Waals surface area (Å²) in [6, 6.07) is 13.7. The zero-order valence-corrected chi connectivity index (χ0v) is 11.1. The average molecular weight is 268 g/mol. The van der Waals surface area contributed by atoms with Gasteiger partial charge in [0.15, 0.2) is 0 Å². The second-order valence-corrected chi connectivity index (χ2v) is 5.26. The SMILES string of the molecule is N#CC1(C(O)c2ccc3ccccc3n2)CCCOC1. The summed E-state index contributed by atoms with van der Waals surface area (Å²) in [6.07, 6.45) is 0.509.